The summed E-state index contributed by atoms with van der Waals surface area (Å²) in [5.41, 5.74) is 3.41. The van der Waals surface area contributed by atoms with Crippen molar-refractivity contribution in [1.82, 2.24) is 15.3 Å². The van der Waals surface area contributed by atoms with E-state index in [4.69, 9.17) is 4.74 Å². The molecule has 5 aliphatic rings. The van der Waals surface area contributed by atoms with Crippen LogP contribution in [0.4, 0.5) is 0 Å². The number of carbonyl (C=O) groups is 3. The molecule has 1 aromatic rings. The van der Waals surface area contributed by atoms with Gasteiger partial charge in [0.2, 0.25) is 0 Å². The number of hydrogen-bond acceptors (Lipinski definition) is 7. The maximum absolute atomic E-state index is 13.8. The number of aromatic nitrogens is 2. The van der Waals surface area contributed by atoms with E-state index in [0.717, 1.165) is 57.0 Å². The van der Waals surface area contributed by atoms with Crippen molar-refractivity contribution in [3.63, 3.8) is 0 Å². The number of esters is 1. The van der Waals surface area contributed by atoms with E-state index in [1.54, 1.807) is 25.7 Å². The molecule has 7 nitrogen and oxygen atoms in total. The first-order valence-electron chi connectivity index (χ1n) is 19.0. The van der Waals surface area contributed by atoms with Crippen LogP contribution in [0.5, 0.6) is 0 Å². The zero-order valence-corrected chi connectivity index (χ0v) is 31.0. The SMILES string of the molecule is CC(C)C1=C2C3CCC4C(C)(CCC5C(C)(C)C(OC(=O)CC(C)(C)C=O)CCC54C)C3CCC2(CCNCc2cncnc2)CC1=O. The minimum Gasteiger partial charge on any atom is -0.462 e. The van der Waals surface area contributed by atoms with Gasteiger partial charge in [-0.05, 0) is 110 Å². The molecule has 7 heteroatoms. The van der Waals surface area contributed by atoms with Gasteiger partial charge in [0.05, 0.1) is 6.42 Å². The number of ketones is 1. The molecule has 0 radical (unpaired) electrons. The van der Waals surface area contributed by atoms with Gasteiger partial charge in [0.25, 0.3) is 0 Å². The Morgan fingerprint density at radius 2 is 1.71 bits per heavy atom. The van der Waals surface area contributed by atoms with Crippen molar-refractivity contribution in [2.45, 2.75) is 139 Å². The lowest BCUT2D eigenvalue weighted by Gasteiger charge is -2.69. The highest BCUT2D eigenvalue weighted by molar-refractivity contribution is 6.00. The molecule has 0 bridgehead atoms. The largest absolute Gasteiger partial charge is 0.462 e. The van der Waals surface area contributed by atoms with Crippen molar-refractivity contribution < 1.29 is 19.1 Å². The Morgan fingerprint density at radius 1 is 1.00 bits per heavy atom. The van der Waals surface area contributed by atoms with Gasteiger partial charge in [-0.2, -0.15) is 0 Å². The summed E-state index contributed by atoms with van der Waals surface area (Å²) < 4.78 is 6.21. The van der Waals surface area contributed by atoms with E-state index in [9.17, 15) is 14.4 Å². The fourth-order valence-electron chi connectivity index (χ4n) is 12.5. The van der Waals surface area contributed by atoms with Crippen LogP contribution in [0.1, 0.15) is 132 Å². The molecule has 264 valence electrons. The Kier molecular flexibility index (Phi) is 9.39. The fraction of sp³-hybridized carbons (Fsp3) is 0.780. The summed E-state index contributed by atoms with van der Waals surface area (Å²) in [6, 6.07) is 0. The lowest BCUT2D eigenvalue weighted by molar-refractivity contribution is -0.213. The van der Waals surface area contributed by atoms with Crippen molar-refractivity contribution >= 4 is 18.0 Å². The summed E-state index contributed by atoms with van der Waals surface area (Å²) in [5.74, 6) is 2.63. The highest BCUT2D eigenvalue weighted by atomic mass is 16.5. The summed E-state index contributed by atoms with van der Waals surface area (Å²) in [6.07, 6.45) is 16.9. The second-order valence-corrected chi connectivity index (χ2v) is 18.6. The quantitative estimate of drug-likeness (QED) is 0.154. The molecule has 0 amide bonds. The van der Waals surface area contributed by atoms with Gasteiger partial charge in [-0.15, -0.1) is 0 Å². The summed E-state index contributed by atoms with van der Waals surface area (Å²) in [5, 5.41) is 3.65. The molecule has 8 unspecified atom stereocenters. The molecule has 0 spiro atoms. The van der Waals surface area contributed by atoms with E-state index >= 15 is 0 Å². The average Bonchev–Trinajstić information content (AvgIpc) is 3.33. The van der Waals surface area contributed by atoms with Crippen LogP contribution < -0.4 is 5.32 Å². The number of fused-ring (bicyclic) bond motifs is 7. The standard InChI is InChI=1S/C41H61N3O4/c1-26(2)35-30(46)19-41(17-18-42-21-27-22-43-25-44-23-27)16-11-29-28(36(35)41)9-10-32-39(29,7)14-12-31-38(5,6)33(13-15-40(31,32)8)48-34(47)20-37(3,4)24-45/h22-26,28-29,31-33,42H,9-21H2,1-8H3. The van der Waals surface area contributed by atoms with E-state index in [0.29, 0.717) is 35.9 Å². The number of Topliss-reactive ketones (excluding diaryl/α,β-unsaturated/α-hetero) is 1. The Hall–Kier alpha value is -2.41. The van der Waals surface area contributed by atoms with Crippen LogP contribution in [0.25, 0.3) is 0 Å². The van der Waals surface area contributed by atoms with Gasteiger partial charge in [-0.25, -0.2) is 9.97 Å². The van der Waals surface area contributed by atoms with Crippen molar-refractivity contribution in [2.24, 2.45) is 56.7 Å². The third kappa shape index (κ3) is 5.92. The van der Waals surface area contributed by atoms with Crippen LogP contribution in [0.3, 0.4) is 0 Å². The molecule has 1 aromatic heterocycles. The molecule has 48 heavy (non-hydrogen) atoms. The van der Waals surface area contributed by atoms with Crippen LogP contribution in [-0.2, 0) is 25.7 Å². The number of allylic oxidation sites excluding steroid dienone is 2. The van der Waals surface area contributed by atoms with Crippen LogP contribution in [0.15, 0.2) is 29.9 Å². The summed E-state index contributed by atoms with van der Waals surface area (Å²) in [4.78, 5) is 46.7. The van der Waals surface area contributed by atoms with Crippen LogP contribution in [0, 0.1) is 56.7 Å². The zero-order valence-electron chi connectivity index (χ0n) is 31.0. The molecule has 8 atom stereocenters. The minimum absolute atomic E-state index is 0.00924. The molecule has 1 heterocycles. The molecule has 4 fully saturated rings. The van der Waals surface area contributed by atoms with Crippen molar-refractivity contribution in [1.29, 1.82) is 0 Å². The van der Waals surface area contributed by atoms with Crippen molar-refractivity contribution in [2.75, 3.05) is 6.54 Å². The highest BCUT2D eigenvalue weighted by Gasteiger charge is 2.66. The van der Waals surface area contributed by atoms with Gasteiger partial charge in [0, 0.05) is 47.2 Å². The zero-order chi connectivity index (χ0) is 34.7. The predicted molar refractivity (Wildman–Crippen MR) is 188 cm³/mol. The monoisotopic (exact) mass is 659 g/mol. The van der Waals surface area contributed by atoms with Crippen molar-refractivity contribution in [3.8, 4) is 0 Å². The van der Waals surface area contributed by atoms with E-state index < -0.39 is 5.41 Å². The number of ether oxygens (including phenoxy) is 1. The third-order valence-electron chi connectivity index (χ3n) is 14.6. The Bertz CT molecular complexity index is 1430. The lowest BCUT2D eigenvalue weighted by Crippen LogP contribution is -2.63. The number of nitrogens with one attached hydrogen (secondary N) is 1. The first kappa shape index (κ1) is 35.4. The van der Waals surface area contributed by atoms with Crippen LogP contribution in [-0.4, -0.2) is 40.7 Å². The molecule has 0 saturated heterocycles. The topological polar surface area (TPSA) is 98.2 Å². The minimum atomic E-state index is -0.698. The second-order valence-electron chi connectivity index (χ2n) is 18.6. The first-order chi connectivity index (χ1) is 22.6. The molecule has 5 aliphatic carbocycles. The van der Waals surface area contributed by atoms with E-state index in [-0.39, 0.29) is 46.1 Å². The van der Waals surface area contributed by atoms with Gasteiger partial charge in [-0.1, -0.05) is 61.0 Å². The predicted octanol–water partition coefficient (Wildman–Crippen LogP) is 8.07. The van der Waals surface area contributed by atoms with Crippen molar-refractivity contribution in [3.05, 3.63) is 35.4 Å². The number of hydrogen-bond donors (Lipinski definition) is 1. The molecule has 6 rings (SSSR count). The number of nitrogens with zero attached hydrogens (tertiary/aromatic N) is 2. The van der Waals surface area contributed by atoms with Gasteiger partial charge in [0.1, 0.15) is 18.7 Å². The first-order valence-corrected chi connectivity index (χ1v) is 19.0. The third-order valence-corrected chi connectivity index (χ3v) is 14.6. The average molecular weight is 660 g/mol. The molecule has 0 aliphatic heterocycles. The van der Waals surface area contributed by atoms with Crippen LogP contribution in [0.2, 0.25) is 0 Å². The summed E-state index contributed by atoms with van der Waals surface area (Å²) >= 11 is 0. The lowest BCUT2D eigenvalue weighted by atomic mass is 9.36. The van der Waals surface area contributed by atoms with E-state index in [1.165, 1.54) is 31.3 Å². The fourth-order valence-corrected chi connectivity index (χ4v) is 12.5. The number of carbonyl (C=O) groups excluding carboxylic acids is 3. The molecule has 0 aromatic carbocycles. The maximum Gasteiger partial charge on any atom is 0.307 e. The van der Waals surface area contributed by atoms with E-state index in [2.05, 4.69) is 56.8 Å². The maximum atomic E-state index is 13.8. The molecular formula is C41H61N3O4. The van der Waals surface area contributed by atoms with Gasteiger partial charge >= 0.3 is 5.97 Å². The number of rotatable bonds is 10. The normalized spacial score (nSPS) is 37.4. The summed E-state index contributed by atoms with van der Waals surface area (Å²) in [7, 11) is 0. The number of aldehydes is 1. The van der Waals surface area contributed by atoms with Gasteiger partial charge < -0.3 is 14.8 Å². The smallest absolute Gasteiger partial charge is 0.307 e. The Morgan fingerprint density at radius 3 is 2.40 bits per heavy atom. The van der Waals surface area contributed by atoms with Crippen LogP contribution >= 0.6 is 0 Å². The molecule has 4 saturated carbocycles. The van der Waals surface area contributed by atoms with Gasteiger partial charge in [0.15, 0.2) is 5.78 Å². The summed E-state index contributed by atoms with van der Waals surface area (Å²) in [6.45, 7) is 19.6. The highest BCUT2D eigenvalue weighted by Crippen LogP contribution is 2.73. The molecule has 1 N–H and O–H groups in total. The Labute approximate surface area is 289 Å². The van der Waals surface area contributed by atoms with Gasteiger partial charge in [-0.3, -0.25) is 9.59 Å². The van der Waals surface area contributed by atoms with E-state index in [1.807, 2.05) is 12.4 Å². The molecular weight excluding hydrogens is 598 g/mol. The second kappa shape index (κ2) is 12.7. The Balaban J connectivity index is 1.22.